The van der Waals surface area contributed by atoms with Gasteiger partial charge in [0.25, 0.3) is 0 Å². The molecule has 0 amide bonds. The Kier molecular flexibility index (Phi) is 5.34. The second kappa shape index (κ2) is 6.54. The summed E-state index contributed by atoms with van der Waals surface area (Å²) in [7, 11) is 0. The number of nitrogens with zero attached hydrogens (tertiary/aromatic N) is 2. The van der Waals surface area contributed by atoms with Crippen LogP contribution in [-0.4, -0.2) is 27.3 Å². The summed E-state index contributed by atoms with van der Waals surface area (Å²) in [5.41, 5.74) is 0. The quantitative estimate of drug-likeness (QED) is 0.785. The molecule has 1 heterocycles. The van der Waals surface area contributed by atoms with Crippen molar-refractivity contribution < 1.29 is 9.90 Å². The van der Waals surface area contributed by atoms with E-state index in [1.165, 1.54) is 11.3 Å². The summed E-state index contributed by atoms with van der Waals surface area (Å²) in [5, 5.41) is 21.5. The molecule has 0 spiro atoms. The highest BCUT2D eigenvalue weighted by molar-refractivity contribution is 7.15. The fourth-order valence-corrected chi connectivity index (χ4v) is 2.14. The molecule has 1 aromatic rings. The van der Waals surface area contributed by atoms with Gasteiger partial charge in [-0.2, -0.15) is 0 Å². The Bertz CT molecular complexity index is 365. The van der Waals surface area contributed by atoms with E-state index in [0.717, 1.165) is 17.8 Å². The number of aromatic nitrogens is 2. The highest BCUT2D eigenvalue weighted by Crippen LogP contribution is 2.23. The number of unbranched alkanes of at least 4 members (excludes halogenated alkanes) is 1. The Morgan fingerprint density at radius 2 is 2.18 bits per heavy atom. The lowest BCUT2D eigenvalue weighted by Crippen LogP contribution is -2.29. The number of carbonyl (C=O) groups is 1. The molecule has 0 aliphatic rings. The first kappa shape index (κ1) is 13.9. The number of rotatable bonds is 7. The minimum atomic E-state index is -0.834. The molecule has 1 aromatic heterocycles. The third-order valence-electron chi connectivity index (χ3n) is 2.38. The van der Waals surface area contributed by atoms with Crippen molar-refractivity contribution >= 4 is 22.4 Å². The lowest BCUT2D eigenvalue weighted by Gasteiger charge is -2.12. The second-order valence-corrected chi connectivity index (χ2v) is 5.29. The maximum atomic E-state index is 11.0. The van der Waals surface area contributed by atoms with Crippen LogP contribution in [0.15, 0.2) is 0 Å². The number of carboxylic acids is 1. The van der Waals surface area contributed by atoms with Crippen LogP contribution < -0.4 is 5.32 Å². The van der Waals surface area contributed by atoms with Gasteiger partial charge in [0.05, 0.1) is 0 Å². The van der Waals surface area contributed by atoms with Gasteiger partial charge in [-0.3, -0.25) is 0 Å². The molecule has 0 bridgehead atoms. The largest absolute Gasteiger partial charge is 0.480 e. The van der Waals surface area contributed by atoms with Gasteiger partial charge >= 0.3 is 5.97 Å². The molecular formula is C11H19N3O2S. The molecule has 17 heavy (non-hydrogen) atoms. The molecule has 5 nitrogen and oxygen atoms in total. The van der Waals surface area contributed by atoms with Crippen molar-refractivity contribution in [2.45, 2.75) is 52.0 Å². The van der Waals surface area contributed by atoms with Crippen molar-refractivity contribution in [1.82, 2.24) is 10.2 Å². The van der Waals surface area contributed by atoms with Gasteiger partial charge in [-0.05, 0) is 6.42 Å². The highest BCUT2D eigenvalue weighted by atomic mass is 32.1. The average molecular weight is 257 g/mol. The van der Waals surface area contributed by atoms with Gasteiger partial charge < -0.3 is 10.4 Å². The molecule has 2 N–H and O–H groups in total. The molecule has 0 radical (unpaired) electrons. The first-order valence-corrected chi connectivity index (χ1v) is 6.69. The fraction of sp³-hybridized carbons (Fsp3) is 0.727. The molecule has 1 unspecified atom stereocenters. The molecule has 0 saturated carbocycles. The van der Waals surface area contributed by atoms with E-state index in [4.69, 9.17) is 5.11 Å². The molecule has 0 fully saturated rings. The van der Waals surface area contributed by atoms with Crippen LogP contribution in [0.3, 0.4) is 0 Å². The lowest BCUT2D eigenvalue weighted by molar-refractivity contribution is -0.138. The summed E-state index contributed by atoms with van der Waals surface area (Å²) in [6.45, 7) is 6.12. The lowest BCUT2D eigenvalue weighted by atomic mass is 10.1. The van der Waals surface area contributed by atoms with E-state index >= 15 is 0 Å². The van der Waals surface area contributed by atoms with Crippen LogP contribution in [0, 0.1) is 0 Å². The van der Waals surface area contributed by atoms with Crippen LogP contribution >= 0.6 is 11.3 Å². The van der Waals surface area contributed by atoms with Gasteiger partial charge in [0.2, 0.25) is 5.13 Å². The fourth-order valence-electron chi connectivity index (χ4n) is 1.34. The molecule has 96 valence electrons. The SMILES string of the molecule is CCCCC(Nc1nnc(C(C)C)s1)C(=O)O. The number of anilines is 1. The number of aliphatic carboxylic acids is 1. The maximum Gasteiger partial charge on any atom is 0.326 e. The Morgan fingerprint density at radius 1 is 1.47 bits per heavy atom. The first-order chi connectivity index (χ1) is 8.04. The third-order valence-corrected chi connectivity index (χ3v) is 3.53. The van der Waals surface area contributed by atoms with E-state index in [-0.39, 0.29) is 0 Å². The predicted octanol–water partition coefficient (Wildman–Crippen LogP) is 2.72. The van der Waals surface area contributed by atoms with E-state index in [9.17, 15) is 4.79 Å². The normalized spacial score (nSPS) is 12.7. The summed E-state index contributed by atoms with van der Waals surface area (Å²) >= 11 is 1.42. The molecule has 1 rings (SSSR count). The van der Waals surface area contributed by atoms with Crippen molar-refractivity contribution in [3.05, 3.63) is 5.01 Å². The van der Waals surface area contributed by atoms with E-state index in [1.807, 2.05) is 20.8 Å². The van der Waals surface area contributed by atoms with E-state index in [0.29, 0.717) is 17.5 Å². The Labute approximate surface area is 105 Å². The second-order valence-electron chi connectivity index (χ2n) is 4.28. The molecule has 0 aliphatic carbocycles. The molecule has 6 heteroatoms. The zero-order chi connectivity index (χ0) is 12.8. The van der Waals surface area contributed by atoms with Gasteiger partial charge in [-0.25, -0.2) is 4.79 Å². The summed E-state index contributed by atoms with van der Waals surface area (Å²) < 4.78 is 0. The van der Waals surface area contributed by atoms with Crippen molar-refractivity contribution in [2.75, 3.05) is 5.32 Å². The van der Waals surface area contributed by atoms with Crippen LogP contribution in [0.2, 0.25) is 0 Å². The van der Waals surface area contributed by atoms with Crippen molar-refractivity contribution in [3.63, 3.8) is 0 Å². The molecule has 1 atom stereocenters. The monoisotopic (exact) mass is 257 g/mol. The highest BCUT2D eigenvalue weighted by Gasteiger charge is 2.18. The van der Waals surface area contributed by atoms with Crippen molar-refractivity contribution in [1.29, 1.82) is 0 Å². The summed E-state index contributed by atoms with van der Waals surface area (Å²) in [6, 6.07) is -0.567. The standard InChI is InChI=1S/C11H19N3O2S/c1-4-5-6-8(10(15)16)12-11-14-13-9(17-11)7(2)3/h7-8H,4-6H2,1-3H3,(H,12,14)(H,15,16). The molecular weight excluding hydrogens is 238 g/mol. The van der Waals surface area contributed by atoms with Gasteiger partial charge in [-0.1, -0.05) is 44.9 Å². The van der Waals surface area contributed by atoms with Gasteiger partial charge in [0.15, 0.2) is 0 Å². The van der Waals surface area contributed by atoms with Crippen LogP contribution in [0.1, 0.15) is 51.0 Å². The summed E-state index contributed by atoms with van der Waals surface area (Å²) in [5.74, 6) is -0.512. The maximum absolute atomic E-state index is 11.0. The summed E-state index contributed by atoms with van der Waals surface area (Å²) in [6.07, 6.45) is 2.49. The Balaban J connectivity index is 2.62. The minimum Gasteiger partial charge on any atom is -0.480 e. The van der Waals surface area contributed by atoms with Crippen LogP contribution in [0.25, 0.3) is 0 Å². The zero-order valence-corrected chi connectivity index (χ0v) is 11.3. The molecule has 0 aromatic carbocycles. The topological polar surface area (TPSA) is 75.1 Å². The third kappa shape index (κ3) is 4.30. The molecule has 0 saturated heterocycles. The minimum absolute atomic E-state index is 0.321. The predicted molar refractivity (Wildman–Crippen MR) is 68.6 cm³/mol. The van der Waals surface area contributed by atoms with Crippen LogP contribution in [0.5, 0.6) is 0 Å². The van der Waals surface area contributed by atoms with Crippen LogP contribution in [-0.2, 0) is 4.79 Å². The van der Waals surface area contributed by atoms with Crippen LogP contribution in [0.4, 0.5) is 5.13 Å². The smallest absolute Gasteiger partial charge is 0.326 e. The number of carboxylic acid groups (broad SMARTS) is 1. The van der Waals surface area contributed by atoms with Gasteiger partial charge in [-0.15, -0.1) is 10.2 Å². The zero-order valence-electron chi connectivity index (χ0n) is 10.4. The Morgan fingerprint density at radius 3 is 2.65 bits per heavy atom. The number of hydrogen-bond acceptors (Lipinski definition) is 5. The molecule has 0 aliphatic heterocycles. The van der Waals surface area contributed by atoms with Gasteiger partial charge in [0, 0.05) is 5.92 Å². The number of hydrogen-bond donors (Lipinski definition) is 2. The van der Waals surface area contributed by atoms with Crippen molar-refractivity contribution in [3.8, 4) is 0 Å². The summed E-state index contributed by atoms with van der Waals surface area (Å²) in [4.78, 5) is 11.0. The van der Waals surface area contributed by atoms with Crippen molar-refractivity contribution in [2.24, 2.45) is 0 Å². The number of nitrogens with one attached hydrogen (secondary N) is 1. The average Bonchev–Trinajstić information content (AvgIpc) is 2.72. The van der Waals surface area contributed by atoms with E-state index in [1.54, 1.807) is 0 Å². The van der Waals surface area contributed by atoms with E-state index in [2.05, 4.69) is 15.5 Å². The van der Waals surface area contributed by atoms with E-state index < -0.39 is 12.0 Å². The Hall–Kier alpha value is -1.17. The van der Waals surface area contributed by atoms with Gasteiger partial charge in [0.1, 0.15) is 11.0 Å². The first-order valence-electron chi connectivity index (χ1n) is 5.87.